The van der Waals surface area contributed by atoms with Gasteiger partial charge in [0.15, 0.2) is 0 Å². The lowest BCUT2D eigenvalue weighted by molar-refractivity contribution is -0.126. The van der Waals surface area contributed by atoms with Crippen LogP contribution in [0.2, 0.25) is 5.02 Å². The minimum absolute atomic E-state index is 0.0840. The third kappa shape index (κ3) is 4.24. The molecule has 144 valence electrons. The molecule has 27 heavy (non-hydrogen) atoms. The van der Waals surface area contributed by atoms with E-state index in [1.54, 1.807) is 29.3 Å². The molecule has 1 atom stereocenters. The Morgan fingerprint density at radius 2 is 2.26 bits per heavy atom. The maximum Gasteiger partial charge on any atom is 0.227 e. The molecule has 1 aliphatic rings. The molecule has 2 heterocycles. The number of rotatable bonds is 7. The van der Waals surface area contributed by atoms with E-state index in [0.717, 1.165) is 12.2 Å². The molecule has 0 spiro atoms. The van der Waals surface area contributed by atoms with Crippen molar-refractivity contribution in [2.75, 3.05) is 25.1 Å². The Morgan fingerprint density at radius 3 is 2.96 bits per heavy atom. The van der Waals surface area contributed by atoms with Crippen LogP contribution in [0.3, 0.4) is 0 Å². The van der Waals surface area contributed by atoms with Gasteiger partial charge in [0.05, 0.1) is 18.1 Å². The van der Waals surface area contributed by atoms with Crippen LogP contribution < -0.4 is 15.0 Å². The second-order valence-electron chi connectivity index (χ2n) is 6.41. The molecule has 0 radical (unpaired) electrons. The first kappa shape index (κ1) is 19.2. The number of hydrogen-bond donors (Lipinski definition) is 1. The standard InChI is InChI=1S/C19H23ClN4O3/c1-3-17-21-6-8-23(17)9-7-22-19(26)13-10-18(25)24(12-13)14-4-5-16(27-2)15(20)11-14/h4-6,8,11,13H,3,7,9-10,12H2,1-2H3,(H,22,26)/t13-/m1/s1. The van der Waals surface area contributed by atoms with Gasteiger partial charge < -0.3 is 19.5 Å². The number of methoxy groups -OCH3 is 1. The number of carbonyl (C=O) groups excluding carboxylic acids is 2. The van der Waals surface area contributed by atoms with E-state index in [9.17, 15) is 9.59 Å². The highest BCUT2D eigenvalue weighted by Crippen LogP contribution is 2.32. The second kappa shape index (κ2) is 8.43. The number of aryl methyl sites for hydroxylation is 1. The van der Waals surface area contributed by atoms with Gasteiger partial charge in [-0.1, -0.05) is 18.5 Å². The summed E-state index contributed by atoms with van der Waals surface area (Å²) in [5.41, 5.74) is 0.673. The van der Waals surface area contributed by atoms with Crippen molar-refractivity contribution in [3.63, 3.8) is 0 Å². The maximum atomic E-state index is 12.5. The summed E-state index contributed by atoms with van der Waals surface area (Å²) >= 11 is 6.15. The summed E-state index contributed by atoms with van der Waals surface area (Å²) in [6.45, 7) is 3.55. The molecule has 1 aliphatic heterocycles. The third-order valence-electron chi connectivity index (χ3n) is 4.71. The van der Waals surface area contributed by atoms with Gasteiger partial charge >= 0.3 is 0 Å². The first-order valence-electron chi connectivity index (χ1n) is 8.95. The number of anilines is 1. The highest BCUT2D eigenvalue weighted by Gasteiger charge is 2.35. The van der Waals surface area contributed by atoms with Crippen LogP contribution in [-0.2, 0) is 22.6 Å². The smallest absolute Gasteiger partial charge is 0.227 e. The van der Waals surface area contributed by atoms with Crippen molar-refractivity contribution >= 4 is 29.1 Å². The lowest BCUT2D eigenvalue weighted by Crippen LogP contribution is -2.34. The molecular weight excluding hydrogens is 368 g/mol. The van der Waals surface area contributed by atoms with Crippen molar-refractivity contribution in [3.8, 4) is 5.75 Å². The first-order chi connectivity index (χ1) is 13.0. The third-order valence-corrected chi connectivity index (χ3v) is 5.01. The van der Waals surface area contributed by atoms with E-state index in [1.807, 2.05) is 17.7 Å². The summed E-state index contributed by atoms with van der Waals surface area (Å²) in [5, 5.41) is 3.36. The van der Waals surface area contributed by atoms with Crippen molar-refractivity contribution in [2.24, 2.45) is 5.92 Å². The Hall–Kier alpha value is -2.54. The van der Waals surface area contributed by atoms with Crippen molar-refractivity contribution in [2.45, 2.75) is 26.3 Å². The fraction of sp³-hybridized carbons (Fsp3) is 0.421. The number of aromatic nitrogens is 2. The van der Waals surface area contributed by atoms with E-state index >= 15 is 0 Å². The number of imidazole rings is 1. The molecular formula is C19H23ClN4O3. The van der Waals surface area contributed by atoms with Crippen LogP contribution in [0.1, 0.15) is 19.2 Å². The largest absolute Gasteiger partial charge is 0.495 e. The monoisotopic (exact) mass is 390 g/mol. The molecule has 8 heteroatoms. The fourth-order valence-corrected chi connectivity index (χ4v) is 3.51. The van der Waals surface area contributed by atoms with Crippen LogP contribution in [-0.4, -0.2) is 41.6 Å². The van der Waals surface area contributed by atoms with Crippen LogP contribution in [0, 0.1) is 5.92 Å². The topological polar surface area (TPSA) is 76.5 Å². The van der Waals surface area contributed by atoms with Gasteiger partial charge in [-0.3, -0.25) is 9.59 Å². The Kier molecular flexibility index (Phi) is 6.01. The average molecular weight is 391 g/mol. The molecule has 1 saturated heterocycles. The Morgan fingerprint density at radius 1 is 1.44 bits per heavy atom. The van der Waals surface area contributed by atoms with Gasteiger partial charge in [0.2, 0.25) is 11.8 Å². The summed E-state index contributed by atoms with van der Waals surface area (Å²) in [7, 11) is 1.54. The van der Waals surface area contributed by atoms with E-state index in [4.69, 9.17) is 16.3 Å². The predicted octanol–water partition coefficient (Wildman–Crippen LogP) is 2.28. The molecule has 1 N–H and O–H groups in total. The molecule has 2 aromatic rings. The van der Waals surface area contributed by atoms with Crippen molar-refractivity contribution < 1.29 is 14.3 Å². The number of carbonyl (C=O) groups is 2. The lowest BCUT2D eigenvalue weighted by Gasteiger charge is -2.18. The molecule has 7 nitrogen and oxygen atoms in total. The zero-order valence-electron chi connectivity index (χ0n) is 15.4. The van der Waals surface area contributed by atoms with Crippen LogP contribution >= 0.6 is 11.6 Å². The van der Waals surface area contributed by atoms with Gasteiger partial charge in [-0.2, -0.15) is 0 Å². The van der Waals surface area contributed by atoms with Crippen LogP contribution in [0.15, 0.2) is 30.6 Å². The number of amides is 2. The number of halogens is 1. The molecule has 1 aromatic heterocycles. The Balaban J connectivity index is 1.56. The van der Waals surface area contributed by atoms with Crippen LogP contribution in [0.4, 0.5) is 5.69 Å². The number of benzene rings is 1. The summed E-state index contributed by atoms with van der Waals surface area (Å²) in [6.07, 6.45) is 4.70. The zero-order valence-corrected chi connectivity index (χ0v) is 16.2. The van der Waals surface area contributed by atoms with E-state index in [-0.39, 0.29) is 24.2 Å². The molecule has 0 bridgehead atoms. The van der Waals surface area contributed by atoms with Gasteiger partial charge in [-0.25, -0.2) is 4.98 Å². The van der Waals surface area contributed by atoms with Crippen LogP contribution in [0.5, 0.6) is 5.75 Å². The molecule has 0 unspecified atom stereocenters. The van der Waals surface area contributed by atoms with E-state index < -0.39 is 0 Å². The summed E-state index contributed by atoms with van der Waals surface area (Å²) in [4.78, 5) is 30.7. The normalized spacial score (nSPS) is 16.6. The highest BCUT2D eigenvalue weighted by molar-refractivity contribution is 6.32. The molecule has 1 aromatic carbocycles. The zero-order chi connectivity index (χ0) is 19.4. The van der Waals surface area contributed by atoms with Gasteiger partial charge in [0.25, 0.3) is 0 Å². The number of ether oxygens (including phenoxy) is 1. The number of nitrogens with one attached hydrogen (secondary N) is 1. The van der Waals surface area contributed by atoms with Crippen molar-refractivity contribution in [1.82, 2.24) is 14.9 Å². The van der Waals surface area contributed by atoms with E-state index in [0.29, 0.717) is 36.1 Å². The SMILES string of the molecule is CCc1nccn1CCNC(=O)[C@@H]1CC(=O)N(c2ccc(OC)c(Cl)c2)C1. The summed E-state index contributed by atoms with van der Waals surface area (Å²) in [5.74, 6) is 0.977. The summed E-state index contributed by atoms with van der Waals surface area (Å²) in [6, 6.07) is 5.17. The van der Waals surface area contributed by atoms with Gasteiger partial charge in [-0.05, 0) is 18.2 Å². The molecule has 3 rings (SSSR count). The second-order valence-corrected chi connectivity index (χ2v) is 6.81. The van der Waals surface area contributed by atoms with Crippen molar-refractivity contribution in [1.29, 1.82) is 0 Å². The first-order valence-corrected chi connectivity index (χ1v) is 9.33. The predicted molar refractivity (Wildman–Crippen MR) is 103 cm³/mol. The minimum atomic E-state index is -0.369. The molecule has 0 saturated carbocycles. The summed E-state index contributed by atoms with van der Waals surface area (Å²) < 4.78 is 7.15. The van der Waals surface area contributed by atoms with E-state index in [2.05, 4.69) is 10.3 Å². The lowest BCUT2D eigenvalue weighted by atomic mass is 10.1. The maximum absolute atomic E-state index is 12.5. The van der Waals surface area contributed by atoms with Crippen LogP contribution in [0.25, 0.3) is 0 Å². The quantitative estimate of drug-likeness (QED) is 0.786. The van der Waals surface area contributed by atoms with Crippen molar-refractivity contribution in [3.05, 3.63) is 41.4 Å². The van der Waals surface area contributed by atoms with Gasteiger partial charge in [-0.15, -0.1) is 0 Å². The van der Waals surface area contributed by atoms with Gasteiger partial charge in [0, 0.05) is 50.6 Å². The Labute approximate surface area is 163 Å². The number of nitrogens with zero attached hydrogens (tertiary/aromatic N) is 3. The molecule has 2 amide bonds. The fourth-order valence-electron chi connectivity index (χ4n) is 3.26. The Bertz CT molecular complexity index is 836. The van der Waals surface area contributed by atoms with Gasteiger partial charge in [0.1, 0.15) is 11.6 Å². The average Bonchev–Trinajstić information content (AvgIpc) is 3.27. The molecule has 1 fully saturated rings. The molecule has 0 aliphatic carbocycles. The number of hydrogen-bond acceptors (Lipinski definition) is 4. The minimum Gasteiger partial charge on any atom is -0.495 e. The highest BCUT2D eigenvalue weighted by atomic mass is 35.5. The van der Waals surface area contributed by atoms with E-state index in [1.165, 1.54) is 7.11 Å².